The monoisotopic (exact) mass is 465 g/mol. The molecule has 0 aromatic heterocycles. The van der Waals surface area contributed by atoms with Crippen molar-refractivity contribution in [1.82, 2.24) is 14.1 Å². The van der Waals surface area contributed by atoms with Crippen molar-refractivity contribution >= 4 is 32.6 Å². The first kappa shape index (κ1) is 21.0. The van der Waals surface area contributed by atoms with Crippen LogP contribution >= 0.6 is 0 Å². The van der Waals surface area contributed by atoms with Crippen LogP contribution in [0.2, 0.25) is 0 Å². The first-order valence-corrected chi connectivity index (χ1v) is 13.1. The van der Waals surface area contributed by atoms with Crippen molar-refractivity contribution < 1.29 is 18.0 Å². The zero-order chi connectivity index (χ0) is 22.7. The predicted molar refractivity (Wildman–Crippen MR) is 124 cm³/mol. The van der Waals surface area contributed by atoms with Crippen LogP contribution < -0.4 is 0 Å². The summed E-state index contributed by atoms with van der Waals surface area (Å²) in [5, 5.41) is 1.92. The van der Waals surface area contributed by atoms with Crippen LogP contribution in [0.1, 0.15) is 6.42 Å². The number of hydrogen-bond donors (Lipinski definition) is 0. The molecule has 3 fully saturated rings. The van der Waals surface area contributed by atoms with Gasteiger partial charge in [0.2, 0.25) is 21.8 Å². The van der Waals surface area contributed by atoms with E-state index in [4.69, 9.17) is 0 Å². The number of carbonyl (C=O) groups excluding carboxylic acids is 2. The van der Waals surface area contributed by atoms with Crippen LogP contribution in [0.15, 0.2) is 59.5 Å². The first-order chi connectivity index (χ1) is 15.9. The lowest BCUT2D eigenvalue weighted by molar-refractivity contribution is -0.140. The van der Waals surface area contributed by atoms with Crippen molar-refractivity contribution in [1.29, 1.82) is 0 Å². The maximum atomic E-state index is 13.2. The third-order valence-corrected chi connectivity index (χ3v) is 9.79. The minimum atomic E-state index is -3.56. The molecule has 4 aliphatic rings. The Labute approximate surface area is 193 Å². The molecular formula is C25H27N3O4S. The summed E-state index contributed by atoms with van der Waals surface area (Å²) in [7, 11) is -3.56. The number of hydrogen-bond acceptors (Lipinski definition) is 5. The van der Waals surface area contributed by atoms with Crippen LogP contribution in [0.5, 0.6) is 0 Å². The normalized spacial score (nSPS) is 30.0. The highest BCUT2D eigenvalue weighted by molar-refractivity contribution is 7.89. The molecule has 0 unspecified atom stereocenters. The molecule has 0 spiro atoms. The fourth-order valence-electron chi connectivity index (χ4n) is 6.10. The first-order valence-electron chi connectivity index (χ1n) is 11.7. The SMILES string of the molecule is O=C1[C@@H]2[C@H](C(=O)N1CCN1CCN(S(=O)(=O)c3ccc4ccccc4c3)CC1)[C@@H]1C=C[C@H]2C1. The zero-order valence-electron chi connectivity index (χ0n) is 18.3. The molecule has 6 rings (SSSR count). The number of piperazine rings is 1. The summed E-state index contributed by atoms with van der Waals surface area (Å²) in [4.78, 5) is 29.6. The van der Waals surface area contributed by atoms with Gasteiger partial charge < -0.3 is 0 Å². The predicted octanol–water partition coefficient (Wildman–Crippen LogP) is 1.95. The molecule has 2 aromatic carbocycles. The van der Waals surface area contributed by atoms with Gasteiger partial charge in [0, 0.05) is 39.3 Å². The van der Waals surface area contributed by atoms with Gasteiger partial charge in [-0.3, -0.25) is 19.4 Å². The number of fused-ring (bicyclic) bond motifs is 6. The molecule has 2 aromatic rings. The van der Waals surface area contributed by atoms with E-state index in [9.17, 15) is 18.0 Å². The minimum absolute atomic E-state index is 0.0145. The molecule has 2 aliphatic heterocycles. The van der Waals surface area contributed by atoms with E-state index in [0.29, 0.717) is 44.2 Å². The van der Waals surface area contributed by atoms with Crippen LogP contribution in [0, 0.1) is 23.7 Å². The smallest absolute Gasteiger partial charge is 0.243 e. The maximum absolute atomic E-state index is 13.2. The topological polar surface area (TPSA) is 78.0 Å². The molecule has 4 atom stereocenters. The Morgan fingerprint density at radius 2 is 1.42 bits per heavy atom. The average Bonchev–Trinajstić information content (AvgIpc) is 3.52. The Bertz CT molecular complexity index is 1240. The molecule has 172 valence electrons. The number of sulfonamides is 1. The van der Waals surface area contributed by atoms with Gasteiger partial charge in [-0.2, -0.15) is 4.31 Å². The van der Waals surface area contributed by atoms with Crippen molar-refractivity contribution in [2.24, 2.45) is 23.7 Å². The Balaban J connectivity index is 1.07. The van der Waals surface area contributed by atoms with Crippen LogP contribution in [0.25, 0.3) is 10.8 Å². The Hall–Kier alpha value is -2.55. The fraction of sp³-hybridized carbons (Fsp3) is 0.440. The molecule has 33 heavy (non-hydrogen) atoms. The summed E-state index contributed by atoms with van der Waals surface area (Å²) in [5.74, 6) is 0.113. The van der Waals surface area contributed by atoms with Gasteiger partial charge in [0.25, 0.3) is 0 Å². The number of rotatable bonds is 5. The summed E-state index contributed by atoms with van der Waals surface area (Å²) in [5.41, 5.74) is 0. The van der Waals surface area contributed by atoms with Gasteiger partial charge in [0.15, 0.2) is 0 Å². The highest BCUT2D eigenvalue weighted by atomic mass is 32.2. The molecule has 2 saturated heterocycles. The maximum Gasteiger partial charge on any atom is 0.243 e. The molecule has 7 nitrogen and oxygen atoms in total. The number of imide groups is 1. The number of amides is 2. The number of likely N-dealkylation sites (tertiary alicyclic amines) is 1. The summed E-state index contributed by atoms with van der Waals surface area (Å²) in [6.45, 7) is 2.95. The second kappa shape index (κ2) is 7.75. The lowest BCUT2D eigenvalue weighted by Gasteiger charge is -2.34. The van der Waals surface area contributed by atoms with Gasteiger partial charge in [0.1, 0.15) is 0 Å². The molecule has 2 bridgehead atoms. The van der Waals surface area contributed by atoms with Crippen molar-refractivity contribution in [2.45, 2.75) is 11.3 Å². The molecule has 2 heterocycles. The van der Waals surface area contributed by atoms with E-state index in [2.05, 4.69) is 17.1 Å². The second-order valence-electron chi connectivity index (χ2n) is 9.58. The van der Waals surface area contributed by atoms with Crippen molar-refractivity contribution in [3.8, 4) is 0 Å². The fourth-order valence-corrected chi connectivity index (χ4v) is 7.55. The molecule has 2 amide bonds. The van der Waals surface area contributed by atoms with Gasteiger partial charge in [-0.05, 0) is 41.2 Å². The number of nitrogens with zero attached hydrogens (tertiary/aromatic N) is 3. The largest absolute Gasteiger partial charge is 0.299 e. The molecule has 1 saturated carbocycles. The lowest BCUT2D eigenvalue weighted by atomic mass is 9.85. The van der Waals surface area contributed by atoms with E-state index >= 15 is 0 Å². The standard InChI is InChI=1S/C25H27N3O4S/c29-24-22-19-5-6-20(15-19)23(22)25(30)28(24)14-11-26-9-12-27(13-10-26)33(31,32)21-8-7-17-3-1-2-4-18(17)16-21/h1-8,16,19-20,22-23H,9-15H2/t19-,20+,22-,23+. The highest BCUT2D eigenvalue weighted by Crippen LogP contribution is 2.52. The van der Waals surface area contributed by atoms with Crippen molar-refractivity contribution in [3.63, 3.8) is 0 Å². The van der Waals surface area contributed by atoms with E-state index in [1.54, 1.807) is 12.1 Å². The van der Waals surface area contributed by atoms with Gasteiger partial charge >= 0.3 is 0 Å². The van der Waals surface area contributed by atoms with E-state index in [1.165, 1.54) is 9.21 Å². The van der Waals surface area contributed by atoms with Crippen LogP contribution in [-0.4, -0.2) is 73.6 Å². The van der Waals surface area contributed by atoms with Gasteiger partial charge in [-0.1, -0.05) is 42.5 Å². The quantitative estimate of drug-likeness (QED) is 0.498. The average molecular weight is 466 g/mol. The second-order valence-corrected chi connectivity index (χ2v) is 11.5. The van der Waals surface area contributed by atoms with E-state index in [-0.39, 0.29) is 35.5 Å². The zero-order valence-corrected chi connectivity index (χ0v) is 19.2. The van der Waals surface area contributed by atoms with Crippen molar-refractivity contribution in [2.75, 3.05) is 39.3 Å². The molecule has 0 N–H and O–H groups in total. The van der Waals surface area contributed by atoms with E-state index < -0.39 is 10.0 Å². The highest BCUT2D eigenvalue weighted by Gasteiger charge is 2.59. The van der Waals surface area contributed by atoms with Gasteiger partial charge in [-0.15, -0.1) is 0 Å². The third kappa shape index (κ3) is 3.34. The van der Waals surface area contributed by atoms with Gasteiger partial charge in [0.05, 0.1) is 16.7 Å². The number of allylic oxidation sites excluding steroid dienone is 2. The van der Waals surface area contributed by atoms with E-state index in [1.807, 2.05) is 30.3 Å². The summed E-state index contributed by atoms with van der Waals surface area (Å²) in [6.07, 6.45) is 5.15. The Morgan fingerprint density at radius 1 is 0.788 bits per heavy atom. The summed E-state index contributed by atoms with van der Waals surface area (Å²) < 4.78 is 27.9. The van der Waals surface area contributed by atoms with E-state index in [0.717, 1.165) is 17.2 Å². The minimum Gasteiger partial charge on any atom is -0.299 e. The van der Waals surface area contributed by atoms with Crippen LogP contribution in [0.4, 0.5) is 0 Å². The van der Waals surface area contributed by atoms with Crippen LogP contribution in [0.3, 0.4) is 0 Å². The lowest BCUT2D eigenvalue weighted by Crippen LogP contribution is -2.50. The van der Waals surface area contributed by atoms with Crippen LogP contribution in [-0.2, 0) is 19.6 Å². The number of benzene rings is 2. The Kier molecular flexibility index (Phi) is 4.94. The third-order valence-electron chi connectivity index (χ3n) is 7.89. The Morgan fingerprint density at radius 3 is 2.09 bits per heavy atom. The molecular weight excluding hydrogens is 438 g/mol. The van der Waals surface area contributed by atoms with Gasteiger partial charge in [-0.25, -0.2) is 8.42 Å². The molecule has 0 radical (unpaired) electrons. The number of carbonyl (C=O) groups is 2. The molecule has 8 heteroatoms. The molecule has 2 aliphatic carbocycles. The van der Waals surface area contributed by atoms with Crippen molar-refractivity contribution in [3.05, 3.63) is 54.6 Å². The summed E-state index contributed by atoms with van der Waals surface area (Å²) >= 11 is 0. The summed E-state index contributed by atoms with van der Waals surface area (Å²) in [6, 6.07) is 13.0.